The molecule has 0 bridgehead atoms. The summed E-state index contributed by atoms with van der Waals surface area (Å²) in [6.07, 6.45) is 0.521. The summed E-state index contributed by atoms with van der Waals surface area (Å²) in [7, 11) is 0. The van der Waals surface area contributed by atoms with Gasteiger partial charge in [-0.2, -0.15) is 5.10 Å². The lowest BCUT2D eigenvalue weighted by atomic mass is 10.0. The first-order valence-corrected chi connectivity index (χ1v) is 9.43. The Hall–Kier alpha value is -2.90. The van der Waals surface area contributed by atoms with Gasteiger partial charge in [0, 0.05) is 24.2 Å². The van der Waals surface area contributed by atoms with Crippen LogP contribution in [0.25, 0.3) is 0 Å². The Balaban J connectivity index is 2.44. The van der Waals surface area contributed by atoms with Crippen LogP contribution in [0.15, 0.2) is 29.4 Å². The van der Waals surface area contributed by atoms with Crippen molar-refractivity contribution in [3.05, 3.63) is 24.3 Å². The molecule has 8 nitrogen and oxygen atoms in total. The molecule has 0 aliphatic heterocycles. The van der Waals surface area contributed by atoms with Crippen LogP contribution in [0.3, 0.4) is 0 Å². The van der Waals surface area contributed by atoms with E-state index in [1.807, 2.05) is 13.8 Å². The van der Waals surface area contributed by atoms with Crippen molar-refractivity contribution in [2.24, 2.45) is 11.0 Å². The van der Waals surface area contributed by atoms with Crippen LogP contribution < -0.4 is 15.5 Å². The van der Waals surface area contributed by atoms with Crippen molar-refractivity contribution in [1.29, 1.82) is 0 Å². The minimum absolute atomic E-state index is 0.0166. The SMILES string of the molecule is CCOC(=O)[C@H](CC)/C(C)=N\NC(=O)CCC(=O)Nc1ccc(OCC)cc1. The van der Waals surface area contributed by atoms with Crippen molar-refractivity contribution in [2.75, 3.05) is 18.5 Å². The molecule has 1 aromatic carbocycles. The number of ether oxygens (including phenoxy) is 2. The van der Waals surface area contributed by atoms with E-state index in [9.17, 15) is 14.4 Å². The second-order valence-electron chi connectivity index (χ2n) is 6.01. The lowest BCUT2D eigenvalue weighted by Gasteiger charge is -2.13. The Labute approximate surface area is 165 Å². The van der Waals surface area contributed by atoms with Gasteiger partial charge in [-0.3, -0.25) is 14.4 Å². The third-order valence-corrected chi connectivity index (χ3v) is 3.87. The fraction of sp³-hybridized carbons (Fsp3) is 0.500. The van der Waals surface area contributed by atoms with Crippen molar-refractivity contribution in [3.8, 4) is 5.75 Å². The highest BCUT2D eigenvalue weighted by Crippen LogP contribution is 2.16. The zero-order valence-corrected chi connectivity index (χ0v) is 16.9. The van der Waals surface area contributed by atoms with E-state index in [1.165, 1.54) is 0 Å². The molecule has 0 radical (unpaired) electrons. The molecule has 1 aromatic rings. The molecule has 0 saturated heterocycles. The number of amides is 2. The summed E-state index contributed by atoms with van der Waals surface area (Å²) in [5, 5.41) is 6.67. The molecule has 0 spiro atoms. The Morgan fingerprint density at radius 1 is 1.00 bits per heavy atom. The summed E-state index contributed by atoms with van der Waals surface area (Å²) in [4.78, 5) is 35.7. The number of esters is 1. The van der Waals surface area contributed by atoms with Crippen LogP contribution in [0.1, 0.15) is 47.0 Å². The first kappa shape index (κ1) is 23.1. The van der Waals surface area contributed by atoms with Gasteiger partial charge in [0.1, 0.15) is 5.75 Å². The van der Waals surface area contributed by atoms with Crippen molar-refractivity contribution in [2.45, 2.75) is 47.0 Å². The first-order chi connectivity index (χ1) is 13.4. The average molecular weight is 391 g/mol. The number of anilines is 1. The highest BCUT2D eigenvalue weighted by molar-refractivity contribution is 6.01. The third-order valence-electron chi connectivity index (χ3n) is 3.87. The van der Waals surface area contributed by atoms with E-state index >= 15 is 0 Å². The molecule has 2 amide bonds. The monoisotopic (exact) mass is 391 g/mol. The van der Waals surface area contributed by atoms with Gasteiger partial charge in [0.25, 0.3) is 0 Å². The summed E-state index contributed by atoms with van der Waals surface area (Å²) >= 11 is 0. The zero-order valence-electron chi connectivity index (χ0n) is 16.9. The molecule has 1 atom stereocenters. The molecule has 2 N–H and O–H groups in total. The van der Waals surface area contributed by atoms with E-state index < -0.39 is 11.8 Å². The summed E-state index contributed by atoms with van der Waals surface area (Å²) in [5.74, 6) is -0.822. The second kappa shape index (κ2) is 12.5. The topological polar surface area (TPSA) is 106 Å². The molecule has 0 fully saturated rings. The molecular weight excluding hydrogens is 362 g/mol. The summed E-state index contributed by atoms with van der Waals surface area (Å²) < 4.78 is 10.3. The number of benzene rings is 1. The van der Waals surface area contributed by atoms with Crippen molar-refractivity contribution >= 4 is 29.2 Å². The zero-order chi connectivity index (χ0) is 20.9. The number of rotatable bonds is 11. The van der Waals surface area contributed by atoms with Gasteiger partial charge in [-0.15, -0.1) is 0 Å². The number of carbonyl (C=O) groups is 3. The lowest BCUT2D eigenvalue weighted by molar-refractivity contribution is -0.145. The number of hydrogen-bond acceptors (Lipinski definition) is 6. The van der Waals surface area contributed by atoms with E-state index in [2.05, 4.69) is 15.8 Å². The maximum absolute atomic E-state index is 12.0. The smallest absolute Gasteiger partial charge is 0.314 e. The highest BCUT2D eigenvalue weighted by Gasteiger charge is 2.21. The maximum Gasteiger partial charge on any atom is 0.314 e. The molecule has 0 aliphatic carbocycles. The minimum atomic E-state index is -0.497. The standard InChI is InChI=1S/C20H29N3O5/c1-5-17(20(26)28-7-3)14(4)22-23-19(25)13-12-18(24)21-15-8-10-16(11-9-15)27-6-2/h8-11,17H,5-7,12-13H2,1-4H3,(H,21,24)(H,23,25)/b22-14-/t17-/m1/s1. The third kappa shape index (κ3) is 8.20. The van der Waals surface area contributed by atoms with Crippen molar-refractivity contribution in [3.63, 3.8) is 0 Å². The van der Waals surface area contributed by atoms with Crippen LogP contribution in [0, 0.1) is 5.92 Å². The van der Waals surface area contributed by atoms with Gasteiger partial charge >= 0.3 is 5.97 Å². The fourth-order valence-electron chi connectivity index (χ4n) is 2.41. The van der Waals surface area contributed by atoms with Gasteiger partial charge in [-0.25, -0.2) is 5.43 Å². The molecule has 154 valence electrons. The minimum Gasteiger partial charge on any atom is -0.494 e. The van der Waals surface area contributed by atoms with Crippen LogP contribution in [0.2, 0.25) is 0 Å². The van der Waals surface area contributed by atoms with Gasteiger partial charge in [-0.05, 0) is 51.5 Å². The molecule has 0 heterocycles. The Morgan fingerprint density at radius 2 is 1.64 bits per heavy atom. The largest absolute Gasteiger partial charge is 0.494 e. The second-order valence-corrected chi connectivity index (χ2v) is 6.01. The van der Waals surface area contributed by atoms with Crippen LogP contribution in [0.5, 0.6) is 5.75 Å². The highest BCUT2D eigenvalue weighted by atomic mass is 16.5. The van der Waals surface area contributed by atoms with E-state index in [1.54, 1.807) is 38.1 Å². The van der Waals surface area contributed by atoms with E-state index in [0.717, 1.165) is 5.75 Å². The number of nitrogens with one attached hydrogen (secondary N) is 2. The summed E-state index contributed by atoms with van der Waals surface area (Å²) in [5.41, 5.74) is 3.47. The van der Waals surface area contributed by atoms with Crippen LogP contribution in [-0.4, -0.2) is 36.7 Å². The average Bonchev–Trinajstić information content (AvgIpc) is 2.67. The van der Waals surface area contributed by atoms with Gasteiger partial charge in [-0.1, -0.05) is 6.92 Å². The Bertz CT molecular complexity index is 686. The van der Waals surface area contributed by atoms with Gasteiger partial charge in [0.2, 0.25) is 11.8 Å². The Morgan fingerprint density at radius 3 is 2.21 bits per heavy atom. The molecule has 0 aliphatic rings. The Kier molecular flexibility index (Phi) is 10.3. The van der Waals surface area contributed by atoms with Crippen LogP contribution in [0.4, 0.5) is 5.69 Å². The normalized spacial score (nSPS) is 12.1. The van der Waals surface area contributed by atoms with E-state index in [4.69, 9.17) is 9.47 Å². The first-order valence-electron chi connectivity index (χ1n) is 9.43. The van der Waals surface area contributed by atoms with Gasteiger partial charge < -0.3 is 14.8 Å². The lowest BCUT2D eigenvalue weighted by Crippen LogP contribution is -2.27. The van der Waals surface area contributed by atoms with Crippen LogP contribution >= 0.6 is 0 Å². The summed E-state index contributed by atoms with van der Waals surface area (Å²) in [6, 6.07) is 6.99. The molecule has 0 aromatic heterocycles. The molecule has 1 rings (SSSR count). The molecule has 8 heteroatoms. The quantitative estimate of drug-likeness (QED) is 0.343. The number of hydrogen-bond donors (Lipinski definition) is 2. The van der Waals surface area contributed by atoms with Crippen molar-refractivity contribution < 1.29 is 23.9 Å². The molecular formula is C20H29N3O5. The summed E-state index contributed by atoms with van der Waals surface area (Å²) in [6.45, 7) is 7.99. The van der Waals surface area contributed by atoms with Gasteiger partial charge in [0.15, 0.2) is 0 Å². The predicted molar refractivity (Wildman–Crippen MR) is 107 cm³/mol. The molecule has 0 unspecified atom stereocenters. The predicted octanol–water partition coefficient (Wildman–Crippen LogP) is 2.89. The van der Waals surface area contributed by atoms with E-state index in [0.29, 0.717) is 31.0 Å². The van der Waals surface area contributed by atoms with Crippen LogP contribution in [-0.2, 0) is 19.1 Å². The number of hydrazone groups is 1. The van der Waals surface area contributed by atoms with E-state index in [-0.39, 0.29) is 24.7 Å². The number of carbonyl (C=O) groups excluding carboxylic acids is 3. The molecule has 0 saturated carbocycles. The fourth-order valence-corrected chi connectivity index (χ4v) is 2.41. The molecule has 28 heavy (non-hydrogen) atoms. The number of nitrogens with zero attached hydrogens (tertiary/aromatic N) is 1. The van der Waals surface area contributed by atoms with Gasteiger partial charge in [0.05, 0.1) is 19.1 Å². The van der Waals surface area contributed by atoms with Crippen molar-refractivity contribution in [1.82, 2.24) is 5.43 Å². The maximum atomic E-state index is 12.0.